The van der Waals surface area contributed by atoms with Crippen molar-refractivity contribution < 1.29 is 19.5 Å². The molecule has 3 atom stereocenters. The Labute approximate surface area is 124 Å². The van der Waals surface area contributed by atoms with Crippen LogP contribution in [-0.4, -0.2) is 47.9 Å². The molecule has 6 nitrogen and oxygen atoms in total. The number of carbonyl (C=O) groups is 3. The second kappa shape index (κ2) is 5.87. The third-order valence-electron chi connectivity index (χ3n) is 4.63. The SMILES string of the molecule is CNC(=O)C1(C)CCN(C(=O)C2CC=CCC2C(=O)O)C1. The fourth-order valence-electron chi connectivity index (χ4n) is 3.23. The fraction of sp³-hybridized carbons (Fsp3) is 0.667. The van der Waals surface area contributed by atoms with Gasteiger partial charge in [-0.3, -0.25) is 14.4 Å². The Balaban J connectivity index is 2.09. The molecule has 21 heavy (non-hydrogen) atoms. The number of nitrogens with zero attached hydrogens (tertiary/aromatic N) is 1. The minimum Gasteiger partial charge on any atom is -0.481 e. The van der Waals surface area contributed by atoms with Gasteiger partial charge in [-0.25, -0.2) is 0 Å². The van der Waals surface area contributed by atoms with Gasteiger partial charge in [0.2, 0.25) is 11.8 Å². The van der Waals surface area contributed by atoms with Crippen LogP contribution in [0.15, 0.2) is 12.2 Å². The van der Waals surface area contributed by atoms with Crippen LogP contribution in [-0.2, 0) is 14.4 Å². The molecule has 116 valence electrons. The summed E-state index contributed by atoms with van der Waals surface area (Å²) in [6, 6.07) is 0. The molecule has 0 bridgehead atoms. The second-order valence-corrected chi connectivity index (χ2v) is 6.14. The highest BCUT2D eigenvalue weighted by atomic mass is 16.4. The zero-order valence-electron chi connectivity index (χ0n) is 12.5. The summed E-state index contributed by atoms with van der Waals surface area (Å²) in [6.07, 6.45) is 5.16. The normalized spacial score (nSPS) is 32.0. The van der Waals surface area contributed by atoms with Crippen molar-refractivity contribution in [2.24, 2.45) is 17.3 Å². The van der Waals surface area contributed by atoms with Gasteiger partial charge in [-0.05, 0) is 26.2 Å². The molecule has 1 aliphatic carbocycles. The van der Waals surface area contributed by atoms with Gasteiger partial charge in [0.25, 0.3) is 0 Å². The van der Waals surface area contributed by atoms with E-state index in [2.05, 4.69) is 5.32 Å². The summed E-state index contributed by atoms with van der Waals surface area (Å²) in [5.41, 5.74) is -0.576. The number of hydrogen-bond donors (Lipinski definition) is 2. The van der Waals surface area contributed by atoms with E-state index in [0.29, 0.717) is 32.4 Å². The Bertz CT molecular complexity index is 488. The second-order valence-electron chi connectivity index (χ2n) is 6.14. The molecule has 0 radical (unpaired) electrons. The number of hydrogen-bond acceptors (Lipinski definition) is 3. The van der Waals surface area contributed by atoms with E-state index in [-0.39, 0.29) is 11.8 Å². The third kappa shape index (κ3) is 2.94. The van der Waals surface area contributed by atoms with E-state index in [1.807, 2.05) is 19.1 Å². The molecule has 6 heteroatoms. The molecule has 0 spiro atoms. The number of carboxylic acid groups (broad SMARTS) is 1. The van der Waals surface area contributed by atoms with Crippen molar-refractivity contribution in [3.05, 3.63) is 12.2 Å². The monoisotopic (exact) mass is 294 g/mol. The number of carboxylic acids is 1. The van der Waals surface area contributed by atoms with Crippen LogP contribution in [0, 0.1) is 17.3 Å². The van der Waals surface area contributed by atoms with E-state index < -0.39 is 23.2 Å². The van der Waals surface area contributed by atoms with Crippen molar-refractivity contribution in [2.75, 3.05) is 20.1 Å². The maximum atomic E-state index is 12.6. The summed E-state index contributed by atoms with van der Waals surface area (Å²) in [5.74, 6) is -2.31. The molecule has 0 aromatic heterocycles. The van der Waals surface area contributed by atoms with Crippen LogP contribution in [0.3, 0.4) is 0 Å². The van der Waals surface area contributed by atoms with Crippen molar-refractivity contribution in [3.63, 3.8) is 0 Å². The lowest BCUT2D eigenvalue weighted by Crippen LogP contribution is -2.44. The minimum atomic E-state index is -0.925. The lowest BCUT2D eigenvalue weighted by atomic mass is 9.82. The highest BCUT2D eigenvalue weighted by molar-refractivity contribution is 5.88. The molecule has 1 heterocycles. The molecule has 2 rings (SSSR count). The summed E-state index contributed by atoms with van der Waals surface area (Å²) in [4.78, 5) is 37.5. The topological polar surface area (TPSA) is 86.7 Å². The van der Waals surface area contributed by atoms with Gasteiger partial charge in [-0.15, -0.1) is 0 Å². The van der Waals surface area contributed by atoms with Crippen LogP contribution < -0.4 is 5.32 Å². The average Bonchev–Trinajstić information content (AvgIpc) is 2.89. The Morgan fingerprint density at radius 2 is 1.86 bits per heavy atom. The molecule has 1 fully saturated rings. The van der Waals surface area contributed by atoms with E-state index in [0.717, 1.165) is 0 Å². The molecular weight excluding hydrogens is 272 g/mol. The molecule has 2 aliphatic rings. The smallest absolute Gasteiger partial charge is 0.307 e. The van der Waals surface area contributed by atoms with Crippen molar-refractivity contribution >= 4 is 17.8 Å². The first-order valence-electron chi connectivity index (χ1n) is 7.28. The molecule has 0 aromatic carbocycles. The predicted octanol–water partition coefficient (Wildman–Crippen LogP) is 0.638. The number of likely N-dealkylation sites (tertiary alicyclic amines) is 1. The minimum absolute atomic E-state index is 0.0730. The van der Waals surface area contributed by atoms with Gasteiger partial charge in [0, 0.05) is 20.1 Å². The van der Waals surface area contributed by atoms with Gasteiger partial charge >= 0.3 is 5.97 Å². The van der Waals surface area contributed by atoms with Gasteiger partial charge in [-0.1, -0.05) is 12.2 Å². The molecule has 1 aliphatic heterocycles. The summed E-state index contributed by atoms with van der Waals surface area (Å²) >= 11 is 0. The Kier molecular flexibility index (Phi) is 4.34. The predicted molar refractivity (Wildman–Crippen MR) is 76.4 cm³/mol. The molecular formula is C15H22N2O4. The van der Waals surface area contributed by atoms with Crippen molar-refractivity contribution in [2.45, 2.75) is 26.2 Å². The van der Waals surface area contributed by atoms with Crippen LogP contribution >= 0.6 is 0 Å². The Morgan fingerprint density at radius 1 is 1.24 bits per heavy atom. The number of carbonyl (C=O) groups excluding carboxylic acids is 2. The molecule has 1 saturated heterocycles. The van der Waals surface area contributed by atoms with Gasteiger partial charge in [0.05, 0.1) is 17.3 Å². The first-order valence-corrected chi connectivity index (χ1v) is 7.28. The first kappa shape index (κ1) is 15.5. The van der Waals surface area contributed by atoms with E-state index in [1.54, 1.807) is 11.9 Å². The molecule has 0 aromatic rings. The summed E-state index contributed by atoms with van der Waals surface area (Å²) in [7, 11) is 1.59. The summed E-state index contributed by atoms with van der Waals surface area (Å²) in [6.45, 7) is 2.71. The van der Waals surface area contributed by atoms with Gasteiger partial charge in [0.1, 0.15) is 0 Å². The van der Waals surface area contributed by atoms with E-state index >= 15 is 0 Å². The van der Waals surface area contributed by atoms with Gasteiger partial charge in [0.15, 0.2) is 0 Å². The highest BCUT2D eigenvalue weighted by Gasteiger charge is 2.44. The molecule has 2 N–H and O–H groups in total. The lowest BCUT2D eigenvalue weighted by Gasteiger charge is -2.29. The van der Waals surface area contributed by atoms with Crippen LogP contribution in [0.2, 0.25) is 0 Å². The maximum absolute atomic E-state index is 12.6. The van der Waals surface area contributed by atoms with Crippen molar-refractivity contribution in [3.8, 4) is 0 Å². The van der Waals surface area contributed by atoms with Crippen molar-refractivity contribution in [1.82, 2.24) is 10.2 Å². The fourth-order valence-corrected chi connectivity index (χ4v) is 3.23. The summed E-state index contributed by atoms with van der Waals surface area (Å²) in [5, 5.41) is 11.9. The van der Waals surface area contributed by atoms with E-state index in [9.17, 15) is 19.5 Å². The number of nitrogens with one attached hydrogen (secondary N) is 1. The summed E-state index contributed by atoms with van der Waals surface area (Å²) < 4.78 is 0. The largest absolute Gasteiger partial charge is 0.481 e. The van der Waals surface area contributed by atoms with Gasteiger partial charge in [-0.2, -0.15) is 0 Å². The zero-order valence-corrected chi connectivity index (χ0v) is 12.5. The molecule has 3 unspecified atom stereocenters. The number of rotatable bonds is 3. The number of allylic oxidation sites excluding steroid dienone is 2. The number of aliphatic carboxylic acids is 1. The van der Waals surface area contributed by atoms with Crippen LogP contribution in [0.5, 0.6) is 0 Å². The third-order valence-corrected chi connectivity index (χ3v) is 4.63. The van der Waals surface area contributed by atoms with Crippen molar-refractivity contribution in [1.29, 1.82) is 0 Å². The van der Waals surface area contributed by atoms with Crippen LogP contribution in [0.1, 0.15) is 26.2 Å². The quantitative estimate of drug-likeness (QED) is 0.748. The average molecular weight is 294 g/mol. The van der Waals surface area contributed by atoms with Crippen LogP contribution in [0.25, 0.3) is 0 Å². The number of amides is 2. The van der Waals surface area contributed by atoms with Gasteiger partial charge < -0.3 is 15.3 Å². The Hall–Kier alpha value is -1.85. The first-order chi connectivity index (χ1) is 9.89. The molecule has 0 saturated carbocycles. The van der Waals surface area contributed by atoms with Crippen LogP contribution in [0.4, 0.5) is 0 Å². The zero-order chi connectivity index (χ0) is 15.6. The Morgan fingerprint density at radius 3 is 2.43 bits per heavy atom. The lowest BCUT2D eigenvalue weighted by molar-refractivity contribution is -0.150. The van der Waals surface area contributed by atoms with E-state index in [4.69, 9.17) is 0 Å². The standard InChI is InChI=1S/C15H22N2O4/c1-15(14(21)16-2)7-8-17(9-15)12(18)10-5-3-4-6-11(10)13(19)20/h3-4,10-11H,5-9H2,1-2H3,(H,16,21)(H,19,20). The molecule has 2 amide bonds. The highest BCUT2D eigenvalue weighted by Crippen LogP contribution is 2.34. The van der Waals surface area contributed by atoms with E-state index in [1.165, 1.54) is 0 Å². The maximum Gasteiger partial charge on any atom is 0.307 e.